The van der Waals surface area contributed by atoms with Crippen LogP contribution < -0.4 is 10.1 Å². The molecule has 1 aliphatic heterocycles. The number of fused-ring (bicyclic) bond motifs is 1. The highest BCUT2D eigenvalue weighted by molar-refractivity contribution is 5.21. The molecule has 2 aromatic rings. The van der Waals surface area contributed by atoms with Crippen LogP contribution in [0, 0.1) is 0 Å². The van der Waals surface area contributed by atoms with Crippen LogP contribution in [-0.2, 0) is 19.7 Å². The lowest BCUT2D eigenvalue weighted by atomic mass is 10.2. The summed E-state index contributed by atoms with van der Waals surface area (Å²) in [4.78, 5) is 0. The molecule has 0 fully saturated rings. The molecule has 94 valence electrons. The van der Waals surface area contributed by atoms with Crippen molar-refractivity contribution in [2.45, 2.75) is 32.7 Å². The quantitative estimate of drug-likeness (QED) is 0.895. The van der Waals surface area contributed by atoms with Gasteiger partial charge in [0.1, 0.15) is 18.1 Å². The van der Waals surface area contributed by atoms with Crippen molar-refractivity contribution in [3.8, 4) is 5.75 Å². The number of ether oxygens (including phenoxy) is 1. The van der Waals surface area contributed by atoms with Gasteiger partial charge in [0.2, 0.25) is 0 Å². The Kier molecular flexibility index (Phi) is 3.02. The highest BCUT2D eigenvalue weighted by Crippen LogP contribution is 2.14. The van der Waals surface area contributed by atoms with Crippen molar-refractivity contribution in [1.82, 2.24) is 15.1 Å². The van der Waals surface area contributed by atoms with E-state index in [-0.39, 0.29) is 0 Å². The molecule has 1 atom stereocenters. The molecule has 0 saturated carbocycles. The van der Waals surface area contributed by atoms with Gasteiger partial charge in [-0.15, -0.1) is 0 Å². The predicted molar refractivity (Wildman–Crippen MR) is 69.3 cm³/mol. The second kappa shape index (κ2) is 4.82. The Morgan fingerprint density at radius 1 is 1.39 bits per heavy atom. The van der Waals surface area contributed by atoms with Gasteiger partial charge in [0, 0.05) is 12.6 Å². The topological polar surface area (TPSA) is 39.1 Å². The minimum absolute atomic E-state index is 0.486. The molecular weight excluding hydrogens is 226 g/mol. The Bertz CT molecular complexity index is 521. The third-order valence-electron chi connectivity index (χ3n) is 3.12. The van der Waals surface area contributed by atoms with E-state index in [1.165, 1.54) is 5.69 Å². The Morgan fingerprint density at radius 3 is 3.06 bits per heavy atom. The molecule has 0 radical (unpaired) electrons. The third kappa shape index (κ3) is 2.38. The highest BCUT2D eigenvalue weighted by atomic mass is 16.5. The van der Waals surface area contributed by atoms with Gasteiger partial charge in [0.25, 0.3) is 0 Å². The molecule has 0 amide bonds. The first-order chi connectivity index (χ1) is 8.81. The molecule has 18 heavy (non-hydrogen) atoms. The number of nitrogens with one attached hydrogen (secondary N) is 1. The molecule has 4 heteroatoms. The van der Waals surface area contributed by atoms with E-state index in [0.717, 1.165) is 24.5 Å². The fraction of sp³-hybridized carbons (Fsp3) is 0.357. The van der Waals surface area contributed by atoms with Crippen LogP contribution in [0.5, 0.6) is 5.75 Å². The average molecular weight is 243 g/mol. The van der Waals surface area contributed by atoms with Gasteiger partial charge in [-0.05, 0) is 25.1 Å². The van der Waals surface area contributed by atoms with Crippen LogP contribution in [0.25, 0.3) is 0 Å². The lowest BCUT2D eigenvalue weighted by Gasteiger charge is -2.21. The summed E-state index contributed by atoms with van der Waals surface area (Å²) in [6.45, 7) is 4.52. The first-order valence-corrected chi connectivity index (χ1v) is 6.28. The molecule has 0 spiro atoms. The Balaban J connectivity index is 1.67. The van der Waals surface area contributed by atoms with Crippen molar-refractivity contribution in [3.05, 3.63) is 47.8 Å². The van der Waals surface area contributed by atoms with E-state index >= 15 is 0 Å². The van der Waals surface area contributed by atoms with Gasteiger partial charge in [-0.25, -0.2) is 0 Å². The number of hydrogen-bond acceptors (Lipinski definition) is 3. The second-order valence-corrected chi connectivity index (χ2v) is 4.69. The zero-order valence-corrected chi connectivity index (χ0v) is 10.5. The molecule has 1 aliphatic rings. The lowest BCUT2D eigenvalue weighted by molar-refractivity contribution is 0.298. The fourth-order valence-corrected chi connectivity index (χ4v) is 2.16. The van der Waals surface area contributed by atoms with Crippen molar-refractivity contribution in [1.29, 1.82) is 0 Å². The van der Waals surface area contributed by atoms with Gasteiger partial charge in [0.05, 0.1) is 12.2 Å². The van der Waals surface area contributed by atoms with E-state index in [1.807, 2.05) is 30.3 Å². The lowest BCUT2D eigenvalue weighted by Crippen LogP contribution is -2.36. The number of hydrogen-bond donors (Lipinski definition) is 1. The third-order valence-corrected chi connectivity index (χ3v) is 3.12. The second-order valence-electron chi connectivity index (χ2n) is 4.69. The van der Waals surface area contributed by atoms with Crippen LogP contribution in [0.4, 0.5) is 0 Å². The Morgan fingerprint density at radius 2 is 2.22 bits per heavy atom. The van der Waals surface area contributed by atoms with E-state index < -0.39 is 0 Å². The van der Waals surface area contributed by atoms with Crippen molar-refractivity contribution in [3.63, 3.8) is 0 Å². The summed E-state index contributed by atoms with van der Waals surface area (Å²) in [6, 6.07) is 12.4. The molecule has 0 aliphatic carbocycles. The minimum Gasteiger partial charge on any atom is -0.487 e. The molecule has 1 aromatic heterocycles. The van der Waals surface area contributed by atoms with Gasteiger partial charge in [-0.3, -0.25) is 4.68 Å². The largest absolute Gasteiger partial charge is 0.487 e. The first-order valence-electron chi connectivity index (χ1n) is 6.28. The minimum atomic E-state index is 0.486. The normalized spacial score (nSPS) is 18.4. The maximum atomic E-state index is 5.70. The maximum absolute atomic E-state index is 5.70. The molecule has 2 heterocycles. The van der Waals surface area contributed by atoms with E-state index in [2.05, 4.69) is 28.1 Å². The maximum Gasteiger partial charge on any atom is 0.132 e. The zero-order chi connectivity index (χ0) is 12.4. The number of nitrogens with zero attached hydrogens (tertiary/aromatic N) is 2. The number of benzene rings is 1. The van der Waals surface area contributed by atoms with Crippen LogP contribution >= 0.6 is 0 Å². The molecule has 0 saturated heterocycles. The summed E-state index contributed by atoms with van der Waals surface area (Å²) in [5, 5.41) is 7.99. The summed E-state index contributed by atoms with van der Waals surface area (Å²) >= 11 is 0. The molecule has 1 N–H and O–H groups in total. The van der Waals surface area contributed by atoms with Crippen LogP contribution in [0.2, 0.25) is 0 Å². The fourth-order valence-electron chi connectivity index (χ4n) is 2.16. The predicted octanol–water partition coefficient (Wildman–Crippen LogP) is 1.95. The van der Waals surface area contributed by atoms with Gasteiger partial charge in [-0.2, -0.15) is 5.10 Å². The average Bonchev–Trinajstić information content (AvgIpc) is 2.79. The number of para-hydroxylation sites is 1. The van der Waals surface area contributed by atoms with E-state index in [1.54, 1.807) is 0 Å². The van der Waals surface area contributed by atoms with Crippen LogP contribution in [-0.4, -0.2) is 15.8 Å². The number of aromatic nitrogens is 2. The van der Waals surface area contributed by atoms with Gasteiger partial charge >= 0.3 is 0 Å². The van der Waals surface area contributed by atoms with E-state index in [9.17, 15) is 0 Å². The SMILES string of the molecule is C[C@@H]1Cn2nc(COc3ccccc3)cc2CN1. The van der Waals surface area contributed by atoms with Gasteiger partial charge in [0.15, 0.2) is 0 Å². The summed E-state index contributed by atoms with van der Waals surface area (Å²) in [7, 11) is 0. The van der Waals surface area contributed by atoms with Crippen LogP contribution in [0.1, 0.15) is 18.3 Å². The van der Waals surface area contributed by atoms with Crippen molar-refractivity contribution < 1.29 is 4.74 Å². The molecule has 0 unspecified atom stereocenters. The molecule has 3 rings (SSSR count). The summed E-state index contributed by atoms with van der Waals surface area (Å²) < 4.78 is 7.77. The molecular formula is C14H17N3O. The molecule has 4 nitrogen and oxygen atoms in total. The summed E-state index contributed by atoms with van der Waals surface area (Å²) in [6.07, 6.45) is 0. The highest BCUT2D eigenvalue weighted by Gasteiger charge is 2.16. The monoisotopic (exact) mass is 243 g/mol. The summed E-state index contributed by atoms with van der Waals surface area (Å²) in [5.41, 5.74) is 2.23. The van der Waals surface area contributed by atoms with E-state index in [0.29, 0.717) is 12.6 Å². The Hall–Kier alpha value is -1.81. The van der Waals surface area contributed by atoms with Crippen LogP contribution in [0.15, 0.2) is 36.4 Å². The van der Waals surface area contributed by atoms with Crippen molar-refractivity contribution >= 4 is 0 Å². The van der Waals surface area contributed by atoms with Crippen molar-refractivity contribution in [2.24, 2.45) is 0 Å². The van der Waals surface area contributed by atoms with Gasteiger partial charge in [-0.1, -0.05) is 18.2 Å². The number of rotatable bonds is 3. The standard InChI is InChI=1S/C14H17N3O/c1-11-9-17-13(8-15-11)7-12(16-17)10-18-14-5-3-2-4-6-14/h2-7,11,15H,8-10H2,1H3/t11-/m1/s1. The summed E-state index contributed by atoms with van der Waals surface area (Å²) in [5.74, 6) is 0.884. The smallest absolute Gasteiger partial charge is 0.132 e. The molecule has 1 aromatic carbocycles. The zero-order valence-electron chi connectivity index (χ0n) is 10.5. The van der Waals surface area contributed by atoms with Crippen LogP contribution in [0.3, 0.4) is 0 Å². The Labute approximate surface area is 107 Å². The first kappa shape index (κ1) is 11.3. The molecule has 0 bridgehead atoms. The van der Waals surface area contributed by atoms with E-state index in [4.69, 9.17) is 4.74 Å². The van der Waals surface area contributed by atoms with Crippen molar-refractivity contribution in [2.75, 3.05) is 0 Å². The van der Waals surface area contributed by atoms with Gasteiger partial charge < -0.3 is 10.1 Å².